The number of carbonyl (C=O) groups excluding carboxylic acids is 1. The number of amides is 1. The Kier molecular flexibility index (Phi) is 3.22. The van der Waals surface area contributed by atoms with Crippen molar-refractivity contribution in [2.75, 3.05) is 33.0 Å². The average molecular weight is 288 g/mol. The molecule has 21 heavy (non-hydrogen) atoms. The zero-order chi connectivity index (χ0) is 14.2. The number of likely N-dealkylation sites (tertiary alicyclic amines) is 1. The van der Waals surface area contributed by atoms with E-state index >= 15 is 0 Å². The Morgan fingerprint density at radius 1 is 1.14 bits per heavy atom. The lowest BCUT2D eigenvalue weighted by Crippen LogP contribution is -2.32. The van der Waals surface area contributed by atoms with Crippen LogP contribution in [0.3, 0.4) is 0 Å². The maximum atomic E-state index is 12.8. The van der Waals surface area contributed by atoms with E-state index in [1.807, 2.05) is 23.1 Å². The lowest BCUT2D eigenvalue weighted by Gasteiger charge is -2.21. The Morgan fingerprint density at radius 2 is 1.90 bits per heavy atom. The van der Waals surface area contributed by atoms with E-state index in [4.69, 9.17) is 9.47 Å². The summed E-state index contributed by atoms with van der Waals surface area (Å²) in [7, 11) is 0. The van der Waals surface area contributed by atoms with Crippen LogP contribution >= 0.6 is 0 Å². The zero-order valence-corrected chi connectivity index (χ0v) is 12.0. The van der Waals surface area contributed by atoms with Crippen LogP contribution in [0.5, 0.6) is 11.5 Å². The predicted molar refractivity (Wildman–Crippen MR) is 77.6 cm³/mol. The van der Waals surface area contributed by atoms with Crippen molar-refractivity contribution in [2.45, 2.75) is 12.8 Å². The maximum Gasteiger partial charge on any atom is 0.257 e. The topological polar surface area (TPSA) is 50.8 Å². The first-order valence-corrected chi connectivity index (χ1v) is 7.71. The SMILES string of the molecule is O=C(c1cccc2c1OCO2)N1CC[C@@H]2CNC[C@@H]2CC1. The first-order valence-electron chi connectivity index (χ1n) is 7.71. The molecule has 1 amide bonds. The molecule has 0 unspecified atom stereocenters. The summed E-state index contributed by atoms with van der Waals surface area (Å²) < 4.78 is 10.8. The molecule has 1 N–H and O–H groups in total. The molecule has 0 aliphatic carbocycles. The summed E-state index contributed by atoms with van der Waals surface area (Å²) in [4.78, 5) is 14.8. The van der Waals surface area contributed by atoms with Gasteiger partial charge in [0.2, 0.25) is 6.79 Å². The van der Waals surface area contributed by atoms with Gasteiger partial charge in [0.15, 0.2) is 11.5 Å². The molecule has 2 atom stereocenters. The van der Waals surface area contributed by atoms with Crippen molar-refractivity contribution in [3.63, 3.8) is 0 Å². The van der Waals surface area contributed by atoms with Crippen molar-refractivity contribution in [1.82, 2.24) is 10.2 Å². The third-order valence-corrected chi connectivity index (χ3v) is 4.93. The molecule has 3 aliphatic heterocycles. The highest BCUT2D eigenvalue weighted by atomic mass is 16.7. The second-order valence-electron chi connectivity index (χ2n) is 6.09. The van der Waals surface area contributed by atoms with E-state index in [0.29, 0.717) is 17.1 Å². The van der Waals surface area contributed by atoms with E-state index < -0.39 is 0 Å². The highest BCUT2D eigenvalue weighted by Crippen LogP contribution is 2.36. The Bertz CT molecular complexity index is 546. The fourth-order valence-corrected chi connectivity index (χ4v) is 3.69. The van der Waals surface area contributed by atoms with Crippen molar-refractivity contribution < 1.29 is 14.3 Å². The summed E-state index contributed by atoms with van der Waals surface area (Å²) in [5.41, 5.74) is 0.634. The van der Waals surface area contributed by atoms with Gasteiger partial charge in [-0.1, -0.05) is 6.07 Å². The van der Waals surface area contributed by atoms with Gasteiger partial charge in [-0.25, -0.2) is 0 Å². The summed E-state index contributed by atoms with van der Waals surface area (Å²) >= 11 is 0. The molecule has 0 bridgehead atoms. The molecule has 5 heteroatoms. The standard InChI is InChI=1S/C16H20N2O3/c19-16(13-2-1-3-14-15(13)21-10-20-14)18-6-4-11-8-17-9-12(11)5-7-18/h1-3,11-12,17H,4-10H2/t11-,12+. The van der Waals surface area contributed by atoms with E-state index in [0.717, 1.165) is 50.9 Å². The third kappa shape index (κ3) is 2.25. The van der Waals surface area contributed by atoms with Crippen molar-refractivity contribution in [3.8, 4) is 11.5 Å². The molecule has 0 spiro atoms. The van der Waals surface area contributed by atoms with Gasteiger partial charge in [0.05, 0.1) is 5.56 Å². The summed E-state index contributed by atoms with van der Waals surface area (Å²) in [5, 5.41) is 3.46. The van der Waals surface area contributed by atoms with Crippen molar-refractivity contribution in [2.24, 2.45) is 11.8 Å². The first kappa shape index (κ1) is 13.0. The van der Waals surface area contributed by atoms with Crippen LogP contribution in [0.2, 0.25) is 0 Å². The van der Waals surface area contributed by atoms with Crippen LogP contribution in [0.25, 0.3) is 0 Å². The fraction of sp³-hybridized carbons (Fsp3) is 0.562. The predicted octanol–water partition coefficient (Wildman–Crippen LogP) is 1.49. The van der Waals surface area contributed by atoms with Crippen LogP contribution in [0.1, 0.15) is 23.2 Å². The number of hydrogen-bond donors (Lipinski definition) is 1. The van der Waals surface area contributed by atoms with Crippen LogP contribution in [-0.2, 0) is 0 Å². The Labute approximate surface area is 124 Å². The van der Waals surface area contributed by atoms with Crippen LogP contribution < -0.4 is 14.8 Å². The monoisotopic (exact) mass is 288 g/mol. The molecular formula is C16H20N2O3. The molecule has 2 fully saturated rings. The van der Waals surface area contributed by atoms with Crippen LogP contribution in [0, 0.1) is 11.8 Å². The number of nitrogens with zero attached hydrogens (tertiary/aromatic N) is 1. The summed E-state index contributed by atoms with van der Waals surface area (Å²) in [5.74, 6) is 2.81. The molecular weight excluding hydrogens is 268 g/mol. The van der Waals surface area contributed by atoms with Gasteiger partial charge in [0.1, 0.15) is 0 Å². The van der Waals surface area contributed by atoms with Gasteiger partial charge in [0.25, 0.3) is 5.91 Å². The van der Waals surface area contributed by atoms with E-state index in [-0.39, 0.29) is 12.7 Å². The minimum atomic E-state index is 0.0743. The van der Waals surface area contributed by atoms with E-state index in [1.165, 1.54) is 0 Å². The number of nitrogens with one attached hydrogen (secondary N) is 1. The second kappa shape index (κ2) is 5.22. The van der Waals surface area contributed by atoms with Crippen LogP contribution in [0.15, 0.2) is 18.2 Å². The lowest BCUT2D eigenvalue weighted by molar-refractivity contribution is 0.0754. The Balaban J connectivity index is 1.54. The number of rotatable bonds is 1. The van der Waals surface area contributed by atoms with E-state index in [1.54, 1.807) is 0 Å². The Morgan fingerprint density at radius 3 is 2.67 bits per heavy atom. The lowest BCUT2D eigenvalue weighted by atomic mass is 9.92. The van der Waals surface area contributed by atoms with Crippen LogP contribution in [0.4, 0.5) is 0 Å². The number of benzene rings is 1. The molecule has 3 heterocycles. The highest BCUT2D eigenvalue weighted by molar-refractivity contribution is 5.98. The number of ether oxygens (including phenoxy) is 2. The molecule has 0 radical (unpaired) electrons. The largest absolute Gasteiger partial charge is 0.454 e. The number of fused-ring (bicyclic) bond motifs is 2. The minimum Gasteiger partial charge on any atom is -0.454 e. The summed E-state index contributed by atoms with van der Waals surface area (Å²) in [6, 6.07) is 5.54. The molecule has 1 aromatic carbocycles. The van der Waals surface area contributed by atoms with Gasteiger partial charge in [-0.05, 0) is 49.9 Å². The zero-order valence-electron chi connectivity index (χ0n) is 12.0. The van der Waals surface area contributed by atoms with Gasteiger partial charge in [0, 0.05) is 13.1 Å². The minimum absolute atomic E-state index is 0.0743. The van der Waals surface area contributed by atoms with Gasteiger partial charge < -0.3 is 19.7 Å². The Hall–Kier alpha value is -1.75. The van der Waals surface area contributed by atoms with Crippen molar-refractivity contribution in [3.05, 3.63) is 23.8 Å². The van der Waals surface area contributed by atoms with Crippen molar-refractivity contribution >= 4 is 5.91 Å². The first-order chi connectivity index (χ1) is 10.3. The molecule has 0 aromatic heterocycles. The van der Waals surface area contributed by atoms with Gasteiger partial charge in [-0.2, -0.15) is 0 Å². The van der Waals surface area contributed by atoms with Gasteiger partial charge in [-0.3, -0.25) is 4.79 Å². The van der Waals surface area contributed by atoms with Gasteiger partial charge >= 0.3 is 0 Å². The third-order valence-electron chi connectivity index (χ3n) is 4.93. The number of hydrogen-bond acceptors (Lipinski definition) is 4. The quantitative estimate of drug-likeness (QED) is 0.850. The second-order valence-corrected chi connectivity index (χ2v) is 6.09. The normalized spacial score (nSPS) is 27.3. The van der Waals surface area contributed by atoms with E-state index in [2.05, 4.69) is 5.32 Å². The van der Waals surface area contributed by atoms with Crippen molar-refractivity contribution in [1.29, 1.82) is 0 Å². The molecule has 4 rings (SSSR count). The maximum absolute atomic E-state index is 12.8. The smallest absolute Gasteiger partial charge is 0.257 e. The number of carbonyl (C=O) groups is 1. The van der Waals surface area contributed by atoms with Crippen LogP contribution in [-0.4, -0.2) is 43.8 Å². The molecule has 1 aromatic rings. The van der Waals surface area contributed by atoms with Gasteiger partial charge in [-0.15, -0.1) is 0 Å². The fourth-order valence-electron chi connectivity index (χ4n) is 3.69. The number of para-hydroxylation sites is 1. The molecule has 0 saturated carbocycles. The van der Waals surface area contributed by atoms with E-state index in [9.17, 15) is 4.79 Å². The molecule has 2 saturated heterocycles. The average Bonchev–Trinajstić information content (AvgIpc) is 3.11. The molecule has 5 nitrogen and oxygen atoms in total. The highest BCUT2D eigenvalue weighted by Gasteiger charge is 2.33. The molecule has 112 valence electrons. The molecule has 3 aliphatic rings. The summed E-state index contributed by atoms with van der Waals surface area (Å²) in [6.45, 7) is 4.09. The summed E-state index contributed by atoms with van der Waals surface area (Å²) in [6.07, 6.45) is 2.19.